The molecule has 0 radical (unpaired) electrons. The summed E-state index contributed by atoms with van der Waals surface area (Å²) in [5, 5.41) is 2.73. The molecule has 2 amide bonds. The van der Waals surface area contributed by atoms with Gasteiger partial charge in [-0.25, -0.2) is 9.59 Å². The Morgan fingerprint density at radius 1 is 1.20 bits per heavy atom. The largest absolute Gasteiger partial charge is 0.445 e. The van der Waals surface area contributed by atoms with Gasteiger partial charge in [-0.1, -0.05) is 45.6 Å². The number of ether oxygens (including phenoxy) is 2. The number of rotatable bonds is 7. The van der Waals surface area contributed by atoms with Crippen molar-refractivity contribution in [3.8, 4) is 0 Å². The number of alkyl carbamates (subject to hydrolysis) is 1. The summed E-state index contributed by atoms with van der Waals surface area (Å²) in [5.74, 6) is 0. The molecule has 0 unspecified atom stereocenters. The zero-order chi connectivity index (χ0) is 23.2. The first-order valence-corrected chi connectivity index (χ1v) is 13.4. The Bertz CT molecular complexity index is 634. The van der Waals surface area contributed by atoms with E-state index in [0.29, 0.717) is 19.5 Å². The molecule has 172 valence electrons. The van der Waals surface area contributed by atoms with Crippen LogP contribution in [0.3, 0.4) is 0 Å². The number of hydrogen-bond donors (Lipinski definition) is 1. The van der Waals surface area contributed by atoms with E-state index in [9.17, 15) is 9.59 Å². The number of nitrogens with zero attached hydrogens (tertiary/aromatic N) is 1. The number of amides is 2. The molecule has 0 aromatic rings. The highest BCUT2D eigenvalue weighted by molar-refractivity contribution is 6.74. The second kappa shape index (κ2) is 10.5. The first kappa shape index (κ1) is 26.2. The topological polar surface area (TPSA) is 77.1 Å². The Balaban J connectivity index is 2.82. The summed E-state index contributed by atoms with van der Waals surface area (Å²) in [6.45, 7) is 21.1. The summed E-state index contributed by atoms with van der Waals surface area (Å²) in [5.41, 5.74) is -0.569. The Kier molecular flexibility index (Phi) is 9.17. The molecule has 8 heteroatoms. The first-order chi connectivity index (χ1) is 13.7. The zero-order valence-electron chi connectivity index (χ0n) is 19.9. The predicted molar refractivity (Wildman–Crippen MR) is 122 cm³/mol. The molecule has 1 N–H and O–H groups in total. The highest BCUT2D eigenvalue weighted by Gasteiger charge is 2.43. The molecule has 0 spiro atoms. The molecule has 1 fully saturated rings. The average Bonchev–Trinajstić information content (AvgIpc) is 2.96. The van der Waals surface area contributed by atoms with Crippen LogP contribution in [0.15, 0.2) is 24.8 Å². The van der Waals surface area contributed by atoms with Crippen molar-refractivity contribution in [1.29, 1.82) is 0 Å². The Hall–Kier alpha value is -1.80. The minimum atomic E-state index is -1.96. The SMILES string of the molecule is C=CCOC(=O)NC/C=C/[C@@H]1C[C@@H](O[Si](C)(C)C(C)(C)C)CN1C(=O)OC(C)(C)C. The van der Waals surface area contributed by atoms with Crippen LogP contribution in [-0.4, -0.2) is 62.8 Å². The highest BCUT2D eigenvalue weighted by atomic mass is 28.4. The van der Waals surface area contributed by atoms with Gasteiger partial charge in [-0.15, -0.1) is 0 Å². The normalized spacial score (nSPS) is 20.3. The average molecular weight is 441 g/mol. The van der Waals surface area contributed by atoms with Gasteiger partial charge in [0.25, 0.3) is 0 Å². The molecule has 1 rings (SSSR count). The van der Waals surface area contributed by atoms with Crippen LogP contribution in [0, 0.1) is 0 Å². The molecule has 0 aromatic carbocycles. The van der Waals surface area contributed by atoms with E-state index in [-0.39, 0.29) is 29.9 Å². The van der Waals surface area contributed by atoms with E-state index in [1.54, 1.807) is 4.90 Å². The Morgan fingerprint density at radius 3 is 2.37 bits per heavy atom. The summed E-state index contributed by atoms with van der Waals surface area (Å²) in [4.78, 5) is 26.0. The molecule has 1 heterocycles. The second-order valence-electron chi connectivity index (χ2n) is 10.1. The number of carbonyl (C=O) groups is 2. The van der Waals surface area contributed by atoms with Crippen molar-refractivity contribution >= 4 is 20.5 Å². The van der Waals surface area contributed by atoms with E-state index < -0.39 is 20.0 Å². The molecule has 7 nitrogen and oxygen atoms in total. The van der Waals surface area contributed by atoms with Crippen LogP contribution in [-0.2, 0) is 13.9 Å². The maximum Gasteiger partial charge on any atom is 0.410 e. The molecule has 0 saturated carbocycles. The molecule has 2 atom stereocenters. The number of carbonyl (C=O) groups excluding carboxylic acids is 2. The molecule has 1 saturated heterocycles. The van der Waals surface area contributed by atoms with Gasteiger partial charge >= 0.3 is 12.2 Å². The fourth-order valence-electron chi connectivity index (χ4n) is 2.77. The Labute approximate surface area is 182 Å². The molecule has 1 aliphatic heterocycles. The van der Waals surface area contributed by atoms with Crippen molar-refractivity contribution in [2.24, 2.45) is 0 Å². The first-order valence-electron chi connectivity index (χ1n) is 10.5. The fourth-order valence-corrected chi connectivity index (χ4v) is 4.13. The smallest absolute Gasteiger partial charge is 0.410 e. The number of hydrogen-bond acceptors (Lipinski definition) is 5. The van der Waals surface area contributed by atoms with Gasteiger partial charge in [0.2, 0.25) is 0 Å². The van der Waals surface area contributed by atoms with Crippen LogP contribution in [0.1, 0.15) is 48.0 Å². The lowest BCUT2D eigenvalue weighted by atomic mass is 10.2. The van der Waals surface area contributed by atoms with Gasteiger partial charge in [0.1, 0.15) is 12.2 Å². The Morgan fingerprint density at radius 2 is 1.83 bits per heavy atom. The van der Waals surface area contributed by atoms with Crippen molar-refractivity contribution < 1.29 is 23.5 Å². The van der Waals surface area contributed by atoms with E-state index in [0.717, 1.165) is 0 Å². The third-order valence-corrected chi connectivity index (χ3v) is 9.79. The maximum absolute atomic E-state index is 12.8. The van der Waals surface area contributed by atoms with Gasteiger partial charge in [0.05, 0.1) is 12.1 Å². The van der Waals surface area contributed by atoms with Gasteiger partial charge in [-0.05, 0) is 45.3 Å². The van der Waals surface area contributed by atoms with Gasteiger partial charge in [0.15, 0.2) is 8.32 Å². The molecule has 0 aromatic heterocycles. The summed E-state index contributed by atoms with van der Waals surface area (Å²) in [7, 11) is -1.96. The fraction of sp³-hybridized carbons (Fsp3) is 0.727. The van der Waals surface area contributed by atoms with Crippen molar-refractivity contribution in [2.75, 3.05) is 19.7 Å². The van der Waals surface area contributed by atoms with Crippen LogP contribution in [0.2, 0.25) is 18.1 Å². The third kappa shape index (κ3) is 8.51. The van der Waals surface area contributed by atoms with Crippen molar-refractivity contribution in [2.45, 2.75) is 83.8 Å². The molecular formula is C22H40N2O5Si. The van der Waals surface area contributed by atoms with Crippen molar-refractivity contribution in [1.82, 2.24) is 10.2 Å². The van der Waals surface area contributed by atoms with Gasteiger partial charge in [-0.3, -0.25) is 4.90 Å². The summed E-state index contributed by atoms with van der Waals surface area (Å²) in [6.07, 6.45) is 5.06. The van der Waals surface area contributed by atoms with Crippen molar-refractivity contribution in [3.05, 3.63) is 24.8 Å². The van der Waals surface area contributed by atoms with Crippen molar-refractivity contribution in [3.63, 3.8) is 0 Å². The van der Waals surface area contributed by atoms with E-state index in [4.69, 9.17) is 13.9 Å². The maximum atomic E-state index is 12.8. The zero-order valence-corrected chi connectivity index (χ0v) is 20.9. The van der Waals surface area contributed by atoms with Gasteiger partial charge in [0, 0.05) is 13.1 Å². The summed E-state index contributed by atoms with van der Waals surface area (Å²) >= 11 is 0. The molecule has 0 bridgehead atoms. The van der Waals surface area contributed by atoms with E-state index in [1.807, 2.05) is 32.9 Å². The minimum absolute atomic E-state index is 0.0430. The predicted octanol–water partition coefficient (Wildman–Crippen LogP) is 4.85. The van der Waals surface area contributed by atoms with E-state index in [2.05, 4.69) is 45.8 Å². The van der Waals surface area contributed by atoms with Crippen LogP contribution in [0.4, 0.5) is 9.59 Å². The molecule has 30 heavy (non-hydrogen) atoms. The van der Waals surface area contributed by atoms with Gasteiger partial charge < -0.3 is 19.2 Å². The van der Waals surface area contributed by atoms with E-state index in [1.165, 1.54) is 6.08 Å². The minimum Gasteiger partial charge on any atom is -0.445 e. The standard InChI is InChI=1S/C22H40N2O5Si/c1-10-14-27-19(25)23-13-11-12-17-15-18(29-30(8,9)22(5,6)7)16-24(17)20(26)28-21(2,3)4/h10-12,17-18H,1,13-16H2,2-9H3,(H,23,25)/b12-11+/t17-,18-/m1/s1. The quantitative estimate of drug-likeness (QED) is 0.452. The lowest BCUT2D eigenvalue weighted by Crippen LogP contribution is -2.45. The van der Waals surface area contributed by atoms with Crippen LogP contribution in [0.25, 0.3) is 0 Å². The second-order valence-corrected chi connectivity index (χ2v) is 14.9. The number of nitrogens with one attached hydrogen (secondary N) is 1. The summed E-state index contributed by atoms with van der Waals surface area (Å²) in [6, 6.07) is -0.152. The lowest BCUT2D eigenvalue weighted by molar-refractivity contribution is 0.0237. The lowest BCUT2D eigenvalue weighted by Gasteiger charge is -2.38. The monoisotopic (exact) mass is 440 g/mol. The summed E-state index contributed by atoms with van der Waals surface area (Å²) < 4.78 is 17.0. The number of likely N-dealkylation sites (tertiary alicyclic amines) is 1. The van der Waals surface area contributed by atoms with Crippen LogP contribution >= 0.6 is 0 Å². The van der Waals surface area contributed by atoms with Crippen LogP contribution < -0.4 is 5.32 Å². The van der Waals surface area contributed by atoms with E-state index >= 15 is 0 Å². The van der Waals surface area contributed by atoms with Gasteiger partial charge in [-0.2, -0.15) is 0 Å². The molecule has 0 aliphatic carbocycles. The van der Waals surface area contributed by atoms with Crippen LogP contribution in [0.5, 0.6) is 0 Å². The molecular weight excluding hydrogens is 400 g/mol. The molecule has 1 aliphatic rings. The highest BCUT2D eigenvalue weighted by Crippen LogP contribution is 2.39. The third-order valence-electron chi connectivity index (χ3n) is 5.26.